The number of aromatic nitrogens is 1. The van der Waals surface area contributed by atoms with Crippen molar-refractivity contribution in [1.29, 1.82) is 0 Å². The zero-order chi connectivity index (χ0) is 10.7. The zero-order valence-electron chi connectivity index (χ0n) is 7.14. The van der Waals surface area contributed by atoms with Crippen molar-refractivity contribution in [1.82, 2.24) is 4.98 Å². The quantitative estimate of drug-likeness (QED) is 0.681. The first-order valence-electron chi connectivity index (χ1n) is 3.81. The topological polar surface area (TPSA) is 96.4 Å². The van der Waals surface area contributed by atoms with Crippen molar-refractivity contribution in [3.8, 4) is 0 Å². The van der Waals surface area contributed by atoms with Crippen LogP contribution in [0.15, 0.2) is 12.3 Å². The van der Waals surface area contributed by atoms with Crippen molar-refractivity contribution in [2.24, 2.45) is 5.73 Å². The highest BCUT2D eigenvalue weighted by molar-refractivity contribution is 6.33. The molecule has 1 heterocycles. The second-order valence-corrected chi connectivity index (χ2v) is 3.10. The summed E-state index contributed by atoms with van der Waals surface area (Å²) in [6.45, 7) is -0.246. The fraction of sp³-hybridized carbons (Fsp3) is 0.250. The van der Waals surface area contributed by atoms with E-state index in [2.05, 4.69) is 4.98 Å². The predicted molar refractivity (Wildman–Crippen MR) is 50.2 cm³/mol. The van der Waals surface area contributed by atoms with Crippen LogP contribution in [0.2, 0.25) is 5.02 Å². The number of carboxylic acids is 1. The standard InChI is InChI=1S/C8H9ClN2O3/c9-5-1-4(6(10)3-12)2-11-7(5)8(13)14/h1-2,6,12H,3,10H2,(H,13,14)/t6-/m1/s1. The number of hydrogen-bond acceptors (Lipinski definition) is 4. The lowest BCUT2D eigenvalue weighted by molar-refractivity contribution is 0.0690. The van der Waals surface area contributed by atoms with Gasteiger partial charge in [-0.2, -0.15) is 0 Å². The Morgan fingerprint density at radius 3 is 2.79 bits per heavy atom. The molecule has 14 heavy (non-hydrogen) atoms. The van der Waals surface area contributed by atoms with Crippen molar-refractivity contribution in [3.63, 3.8) is 0 Å². The van der Waals surface area contributed by atoms with Crippen molar-refractivity contribution in [3.05, 3.63) is 28.5 Å². The minimum atomic E-state index is -1.20. The molecular weight excluding hydrogens is 208 g/mol. The van der Waals surface area contributed by atoms with Gasteiger partial charge in [0, 0.05) is 6.20 Å². The second-order valence-electron chi connectivity index (χ2n) is 2.69. The van der Waals surface area contributed by atoms with E-state index in [4.69, 9.17) is 27.5 Å². The van der Waals surface area contributed by atoms with Crippen LogP contribution >= 0.6 is 11.6 Å². The molecule has 1 aromatic rings. The van der Waals surface area contributed by atoms with Gasteiger partial charge in [-0.15, -0.1) is 0 Å². The van der Waals surface area contributed by atoms with Crippen molar-refractivity contribution < 1.29 is 15.0 Å². The van der Waals surface area contributed by atoms with E-state index < -0.39 is 12.0 Å². The summed E-state index contributed by atoms with van der Waals surface area (Å²) in [5, 5.41) is 17.4. The first-order valence-corrected chi connectivity index (χ1v) is 4.19. The third kappa shape index (κ3) is 2.20. The average molecular weight is 217 g/mol. The maximum Gasteiger partial charge on any atom is 0.356 e. The van der Waals surface area contributed by atoms with Gasteiger partial charge in [0.15, 0.2) is 5.69 Å². The van der Waals surface area contributed by atoms with Crippen LogP contribution < -0.4 is 5.73 Å². The summed E-state index contributed by atoms with van der Waals surface area (Å²) >= 11 is 5.64. The minimum absolute atomic E-state index is 0.0129. The zero-order valence-corrected chi connectivity index (χ0v) is 7.90. The molecule has 6 heteroatoms. The molecule has 1 atom stereocenters. The molecule has 5 nitrogen and oxygen atoms in total. The Labute approximate surface area is 85.1 Å². The number of carbonyl (C=O) groups is 1. The fourth-order valence-corrected chi connectivity index (χ4v) is 1.17. The van der Waals surface area contributed by atoms with Crippen molar-refractivity contribution >= 4 is 17.6 Å². The van der Waals surface area contributed by atoms with E-state index in [0.717, 1.165) is 0 Å². The van der Waals surface area contributed by atoms with E-state index in [1.165, 1.54) is 12.3 Å². The molecule has 0 saturated carbocycles. The third-order valence-corrected chi connectivity index (χ3v) is 1.98. The second kappa shape index (κ2) is 4.36. The average Bonchev–Trinajstić information content (AvgIpc) is 2.15. The van der Waals surface area contributed by atoms with Gasteiger partial charge in [0.1, 0.15) is 0 Å². The van der Waals surface area contributed by atoms with Gasteiger partial charge >= 0.3 is 5.97 Å². The molecule has 0 fully saturated rings. The van der Waals surface area contributed by atoms with Gasteiger partial charge in [-0.1, -0.05) is 11.6 Å². The molecule has 0 saturated heterocycles. The number of nitrogens with two attached hydrogens (primary N) is 1. The maximum atomic E-state index is 10.5. The first-order chi connectivity index (χ1) is 6.56. The number of aliphatic hydroxyl groups excluding tert-OH is 1. The Morgan fingerprint density at radius 1 is 1.71 bits per heavy atom. The monoisotopic (exact) mass is 216 g/mol. The number of hydrogen-bond donors (Lipinski definition) is 3. The summed E-state index contributed by atoms with van der Waals surface area (Å²) in [7, 11) is 0. The molecule has 0 aromatic carbocycles. The van der Waals surface area contributed by atoms with Crippen LogP contribution in [0.5, 0.6) is 0 Å². The van der Waals surface area contributed by atoms with Crippen LogP contribution in [0.1, 0.15) is 22.1 Å². The number of rotatable bonds is 3. The van der Waals surface area contributed by atoms with E-state index in [1.54, 1.807) is 0 Å². The molecule has 0 amide bonds. The molecule has 0 aliphatic heterocycles. The highest BCUT2D eigenvalue weighted by Crippen LogP contribution is 2.18. The van der Waals surface area contributed by atoms with Crippen LogP contribution in [-0.4, -0.2) is 27.8 Å². The summed E-state index contributed by atoms with van der Waals surface area (Å²) in [5.41, 5.74) is 5.77. The molecule has 0 bridgehead atoms. The summed E-state index contributed by atoms with van der Waals surface area (Å²) in [4.78, 5) is 14.2. The highest BCUT2D eigenvalue weighted by Gasteiger charge is 2.13. The first kappa shape index (κ1) is 10.9. The van der Waals surface area contributed by atoms with Gasteiger partial charge in [0.05, 0.1) is 17.7 Å². The van der Waals surface area contributed by atoms with Crippen molar-refractivity contribution in [2.45, 2.75) is 6.04 Å². The number of carboxylic acid groups (broad SMARTS) is 1. The Bertz CT molecular complexity index is 356. The number of nitrogens with zero attached hydrogens (tertiary/aromatic N) is 1. The summed E-state index contributed by atoms with van der Waals surface area (Å²) in [6, 6.07) is 0.793. The van der Waals surface area contributed by atoms with Gasteiger partial charge in [0.2, 0.25) is 0 Å². The van der Waals surface area contributed by atoms with Gasteiger partial charge in [-0.05, 0) is 11.6 Å². The number of pyridine rings is 1. The molecule has 76 valence electrons. The Hall–Kier alpha value is -1.17. The third-order valence-electron chi connectivity index (χ3n) is 1.69. The number of aromatic carboxylic acids is 1. The Balaban J connectivity index is 3.06. The van der Waals surface area contributed by atoms with Crippen molar-refractivity contribution in [2.75, 3.05) is 6.61 Å². The van der Waals surface area contributed by atoms with Gasteiger partial charge in [-0.3, -0.25) is 0 Å². The molecule has 4 N–H and O–H groups in total. The highest BCUT2D eigenvalue weighted by atomic mass is 35.5. The van der Waals surface area contributed by atoms with Gasteiger partial charge in [-0.25, -0.2) is 9.78 Å². The Morgan fingerprint density at radius 2 is 2.36 bits per heavy atom. The van der Waals surface area contributed by atoms with Gasteiger partial charge < -0.3 is 15.9 Å². The van der Waals surface area contributed by atoms with Crippen LogP contribution in [0.4, 0.5) is 0 Å². The molecule has 0 aliphatic rings. The lowest BCUT2D eigenvalue weighted by Crippen LogP contribution is -2.15. The van der Waals surface area contributed by atoms with E-state index in [0.29, 0.717) is 5.56 Å². The van der Waals surface area contributed by atoms with Crippen LogP contribution in [0.25, 0.3) is 0 Å². The van der Waals surface area contributed by atoms with Crippen LogP contribution in [-0.2, 0) is 0 Å². The van der Waals surface area contributed by atoms with Crippen LogP contribution in [0, 0.1) is 0 Å². The number of aliphatic hydroxyl groups is 1. The fourth-order valence-electron chi connectivity index (χ4n) is 0.918. The molecule has 0 aliphatic carbocycles. The molecule has 1 aromatic heterocycles. The maximum absolute atomic E-state index is 10.5. The number of halogens is 1. The largest absolute Gasteiger partial charge is 0.476 e. The predicted octanol–water partition coefficient (Wildman–Crippen LogP) is 0.425. The molecule has 1 rings (SSSR count). The van der Waals surface area contributed by atoms with E-state index in [1.807, 2.05) is 0 Å². The molecular formula is C8H9ClN2O3. The van der Waals surface area contributed by atoms with E-state index in [9.17, 15) is 4.79 Å². The molecule has 0 radical (unpaired) electrons. The summed E-state index contributed by atoms with van der Waals surface area (Å²) in [6.07, 6.45) is 1.29. The summed E-state index contributed by atoms with van der Waals surface area (Å²) < 4.78 is 0. The molecule has 0 unspecified atom stereocenters. The van der Waals surface area contributed by atoms with Gasteiger partial charge in [0.25, 0.3) is 0 Å². The molecule has 0 spiro atoms. The van der Waals surface area contributed by atoms with E-state index >= 15 is 0 Å². The Kier molecular flexibility index (Phi) is 3.40. The lowest BCUT2D eigenvalue weighted by atomic mass is 10.1. The lowest BCUT2D eigenvalue weighted by Gasteiger charge is -2.08. The normalized spacial score (nSPS) is 12.5. The summed E-state index contributed by atoms with van der Waals surface area (Å²) in [5.74, 6) is -1.20. The smallest absolute Gasteiger partial charge is 0.356 e. The van der Waals surface area contributed by atoms with Crippen LogP contribution in [0.3, 0.4) is 0 Å². The van der Waals surface area contributed by atoms with E-state index in [-0.39, 0.29) is 17.3 Å². The SMILES string of the molecule is N[C@H](CO)c1cnc(C(=O)O)c(Cl)c1. The minimum Gasteiger partial charge on any atom is -0.476 e.